The van der Waals surface area contributed by atoms with Gasteiger partial charge >= 0.3 is 6.03 Å². The Bertz CT molecular complexity index is 830. The third-order valence-electron chi connectivity index (χ3n) is 7.16. The number of amides is 3. The van der Waals surface area contributed by atoms with E-state index in [9.17, 15) is 14.4 Å². The van der Waals surface area contributed by atoms with Crippen LogP contribution < -0.4 is 5.32 Å². The molecule has 7 nitrogen and oxygen atoms in total. The summed E-state index contributed by atoms with van der Waals surface area (Å²) in [5.74, 6) is 0.268. The van der Waals surface area contributed by atoms with E-state index in [-0.39, 0.29) is 42.3 Å². The van der Waals surface area contributed by atoms with E-state index in [4.69, 9.17) is 0 Å². The lowest BCUT2D eigenvalue weighted by Crippen LogP contribution is -2.71. The second-order valence-corrected chi connectivity index (χ2v) is 10.2. The van der Waals surface area contributed by atoms with Crippen LogP contribution in [-0.2, 0) is 16.1 Å². The quantitative estimate of drug-likeness (QED) is 0.710. The van der Waals surface area contributed by atoms with Gasteiger partial charge in [0.1, 0.15) is 0 Å². The predicted octanol–water partition coefficient (Wildman–Crippen LogP) is 2.77. The van der Waals surface area contributed by atoms with Crippen molar-refractivity contribution in [1.29, 1.82) is 0 Å². The topological polar surface area (TPSA) is 73.0 Å². The molecule has 8 heteroatoms. The summed E-state index contributed by atoms with van der Waals surface area (Å²) in [6, 6.07) is 9.52. The molecule has 1 N–H and O–H groups in total. The van der Waals surface area contributed by atoms with Gasteiger partial charge in [0.2, 0.25) is 5.91 Å². The number of hydrogen-bond donors (Lipinski definition) is 1. The first-order valence-electron chi connectivity index (χ1n) is 11.7. The molecular formula is C24H34N4O3S. The monoisotopic (exact) mass is 458 g/mol. The molecule has 0 radical (unpaired) electrons. The van der Waals surface area contributed by atoms with Gasteiger partial charge in [0.15, 0.2) is 5.78 Å². The molecule has 3 fully saturated rings. The van der Waals surface area contributed by atoms with E-state index in [0.717, 1.165) is 37.0 Å². The Morgan fingerprint density at radius 1 is 1.16 bits per heavy atom. The second kappa shape index (κ2) is 10.3. The van der Waals surface area contributed by atoms with Crippen LogP contribution in [0.1, 0.15) is 37.7 Å². The maximum absolute atomic E-state index is 13.5. The van der Waals surface area contributed by atoms with Gasteiger partial charge in [-0.1, -0.05) is 43.2 Å². The molecule has 0 spiro atoms. The number of likely N-dealkylation sites (N-methyl/N-ethyl adjacent to an activating group) is 1. The Morgan fingerprint density at radius 3 is 2.56 bits per heavy atom. The summed E-state index contributed by atoms with van der Waals surface area (Å²) in [5, 5.41) is 6.48. The van der Waals surface area contributed by atoms with E-state index < -0.39 is 5.92 Å². The number of rotatable bonds is 6. The van der Waals surface area contributed by atoms with Gasteiger partial charge in [0, 0.05) is 26.2 Å². The van der Waals surface area contributed by atoms with Crippen LogP contribution in [0.2, 0.25) is 0 Å². The van der Waals surface area contributed by atoms with Crippen molar-refractivity contribution < 1.29 is 14.4 Å². The maximum atomic E-state index is 13.5. The van der Waals surface area contributed by atoms with Crippen LogP contribution in [0.5, 0.6) is 0 Å². The zero-order valence-electron chi connectivity index (χ0n) is 19.0. The van der Waals surface area contributed by atoms with E-state index in [1.807, 2.05) is 41.5 Å². The van der Waals surface area contributed by atoms with Crippen molar-refractivity contribution in [2.75, 3.05) is 32.1 Å². The Morgan fingerprint density at radius 2 is 1.88 bits per heavy atom. The minimum absolute atomic E-state index is 0.0788. The Hall–Kier alpha value is -2.06. The highest BCUT2D eigenvalue weighted by molar-refractivity contribution is 7.98. The summed E-state index contributed by atoms with van der Waals surface area (Å²) in [6.07, 6.45) is 7.01. The Labute approximate surface area is 194 Å². The molecule has 1 unspecified atom stereocenters. The van der Waals surface area contributed by atoms with Crippen molar-refractivity contribution in [1.82, 2.24) is 20.2 Å². The molecule has 1 aliphatic carbocycles. The van der Waals surface area contributed by atoms with Crippen LogP contribution in [0.4, 0.5) is 4.79 Å². The van der Waals surface area contributed by atoms with Crippen LogP contribution in [0.3, 0.4) is 0 Å². The lowest BCUT2D eigenvalue weighted by Gasteiger charge is -2.53. The number of fused-ring (bicyclic) bond motifs is 1. The predicted molar refractivity (Wildman–Crippen MR) is 126 cm³/mol. The van der Waals surface area contributed by atoms with Gasteiger partial charge in [0.05, 0.1) is 24.4 Å². The summed E-state index contributed by atoms with van der Waals surface area (Å²) in [7, 11) is 1.80. The van der Waals surface area contributed by atoms with Crippen molar-refractivity contribution in [3.05, 3.63) is 35.9 Å². The number of thioether (sulfide) groups is 1. The van der Waals surface area contributed by atoms with Crippen molar-refractivity contribution >= 4 is 29.5 Å². The molecule has 2 heterocycles. The fourth-order valence-electron chi connectivity index (χ4n) is 5.62. The number of ketones is 1. The van der Waals surface area contributed by atoms with Gasteiger partial charge in [-0.05, 0) is 36.8 Å². The molecule has 2 aliphatic heterocycles. The summed E-state index contributed by atoms with van der Waals surface area (Å²) >= 11 is 1.70. The first kappa shape index (κ1) is 23.1. The number of carbonyl (C=O) groups is 3. The lowest BCUT2D eigenvalue weighted by atomic mass is 9.75. The average Bonchev–Trinajstić information content (AvgIpc) is 3.32. The molecule has 3 atom stereocenters. The van der Waals surface area contributed by atoms with Crippen LogP contribution >= 0.6 is 11.8 Å². The highest BCUT2D eigenvalue weighted by Gasteiger charge is 2.53. The van der Waals surface area contributed by atoms with Crippen molar-refractivity contribution in [3.8, 4) is 0 Å². The minimum Gasteiger partial charge on any atom is -0.337 e. The Balaban J connectivity index is 1.58. The molecular weight excluding hydrogens is 424 g/mol. The van der Waals surface area contributed by atoms with Crippen molar-refractivity contribution in [2.45, 2.75) is 50.7 Å². The lowest BCUT2D eigenvalue weighted by molar-refractivity contribution is -0.168. The smallest absolute Gasteiger partial charge is 0.332 e. The van der Waals surface area contributed by atoms with Crippen LogP contribution in [0, 0.1) is 11.8 Å². The zero-order valence-corrected chi connectivity index (χ0v) is 19.9. The van der Waals surface area contributed by atoms with Crippen LogP contribution in [0.25, 0.3) is 0 Å². The van der Waals surface area contributed by atoms with Crippen molar-refractivity contribution in [3.63, 3.8) is 0 Å². The summed E-state index contributed by atoms with van der Waals surface area (Å²) in [4.78, 5) is 42.0. The molecule has 1 saturated carbocycles. The summed E-state index contributed by atoms with van der Waals surface area (Å²) < 4.78 is 0. The molecule has 1 aromatic carbocycles. The van der Waals surface area contributed by atoms with Crippen LogP contribution in [-0.4, -0.2) is 76.9 Å². The third kappa shape index (κ3) is 4.66. The van der Waals surface area contributed by atoms with E-state index in [1.165, 1.54) is 0 Å². The number of Topliss-reactive ketones (excluding diaryl/α,β-unsaturated/α-hetero) is 1. The maximum Gasteiger partial charge on any atom is 0.332 e. The fraction of sp³-hybridized carbons (Fsp3) is 0.625. The number of piperidine rings is 1. The highest BCUT2D eigenvalue weighted by Crippen LogP contribution is 2.38. The molecule has 174 valence electrons. The van der Waals surface area contributed by atoms with Crippen LogP contribution in [0.15, 0.2) is 30.3 Å². The van der Waals surface area contributed by atoms with Gasteiger partial charge in [-0.2, -0.15) is 11.8 Å². The van der Waals surface area contributed by atoms with Gasteiger partial charge in [0.25, 0.3) is 0 Å². The molecule has 3 aliphatic rings. The molecule has 2 saturated heterocycles. The Kier molecular flexibility index (Phi) is 7.40. The molecule has 4 rings (SSSR count). The minimum atomic E-state index is -0.425. The number of hydrazine groups is 1. The van der Waals surface area contributed by atoms with E-state index in [1.54, 1.807) is 28.8 Å². The molecule has 3 amide bonds. The zero-order chi connectivity index (χ0) is 22.7. The number of benzene rings is 1. The van der Waals surface area contributed by atoms with Gasteiger partial charge < -0.3 is 10.2 Å². The first-order valence-corrected chi connectivity index (χ1v) is 13.0. The fourth-order valence-corrected chi connectivity index (χ4v) is 6.11. The SMILES string of the molecule is CSCC[C@H]1C(=O)N(C2CCCC2)C[C@H]2C1C(=O)CN(C)N2C(=O)NCc1ccccc1. The third-order valence-corrected chi connectivity index (χ3v) is 7.81. The van der Waals surface area contributed by atoms with Gasteiger partial charge in [-0.15, -0.1) is 0 Å². The normalized spacial score (nSPS) is 27.0. The molecule has 1 aromatic rings. The largest absolute Gasteiger partial charge is 0.337 e. The number of nitrogens with one attached hydrogen (secondary N) is 1. The van der Waals surface area contributed by atoms with E-state index in [2.05, 4.69) is 5.32 Å². The van der Waals surface area contributed by atoms with E-state index in [0.29, 0.717) is 19.5 Å². The molecule has 32 heavy (non-hydrogen) atoms. The first-order chi connectivity index (χ1) is 15.5. The van der Waals surface area contributed by atoms with Gasteiger partial charge in [-0.25, -0.2) is 9.80 Å². The standard InChI is InChI=1S/C24H34N4O3S/c1-26-16-21(29)22-19(12-13-32-2)23(30)27(18-10-6-7-11-18)15-20(22)28(26)24(31)25-14-17-8-4-3-5-9-17/h3-5,8-9,18-20,22H,6-7,10-16H2,1-2H3,(H,25,31)/t19-,20+,22?/m1/s1. The molecule has 0 bridgehead atoms. The number of likely N-dealkylation sites (tertiary alicyclic amines) is 1. The summed E-state index contributed by atoms with van der Waals surface area (Å²) in [6.45, 7) is 1.03. The van der Waals surface area contributed by atoms with Gasteiger partial charge in [-0.3, -0.25) is 14.6 Å². The second-order valence-electron chi connectivity index (χ2n) is 9.18. The average molecular weight is 459 g/mol. The summed E-state index contributed by atoms with van der Waals surface area (Å²) in [5.41, 5.74) is 1.03. The highest BCUT2D eigenvalue weighted by atomic mass is 32.2. The molecule has 0 aromatic heterocycles. The van der Waals surface area contributed by atoms with Crippen molar-refractivity contribution in [2.24, 2.45) is 11.8 Å². The number of urea groups is 1. The number of hydrogen-bond acceptors (Lipinski definition) is 5. The number of nitrogens with zero attached hydrogens (tertiary/aromatic N) is 3. The number of carbonyl (C=O) groups excluding carboxylic acids is 3. The van der Waals surface area contributed by atoms with E-state index >= 15 is 0 Å².